The molecule has 1 aromatic carbocycles. The summed E-state index contributed by atoms with van der Waals surface area (Å²) >= 11 is 0. The topological polar surface area (TPSA) is 76.0 Å². The van der Waals surface area contributed by atoms with Gasteiger partial charge in [0.2, 0.25) is 6.29 Å². The number of aliphatic hydroxyl groups is 2. The van der Waals surface area contributed by atoms with Gasteiger partial charge in [-0.25, -0.2) is 4.39 Å². The first-order valence-electron chi connectivity index (χ1n) is 7.53. The second kappa shape index (κ2) is 6.03. The molecule has 1 unspecified atom stereocenters. The lowest BCUT2D eigenvalue weighted by molar-refractivity contribution is -0.251. The van der Waals surface area contributed by atoms with E-state index in [9.17, 15) is 19.4 Å². The van der Waals surface area contributed by atoms with E-state index >= 15 is 0 Å². The van der Waals surface area contributed by atoms with Crippen LogP contribution in [0.1, 0.15) is 25.0 Å². The monoisotopic (exact) mass is 322 g/mol. The lowest BCUT2D eigenvalue weighted by Crippen LogP contribution is -2.56. The van der Waals surface area contributed by atoms with Crippen LogP contribution in [0.3, 0.4) is 0 Å². The third-order valence-corrected chi connectivity index (χ3v) is 4.26. The van der Waals surface area contributed by atoms with Crippen molar-refractivity contribution < 1.29 is 28.9 Å². The number of carbonyl (C=O) groups is 1. The van der Waals surface area contributed by atoms with Gasteiger partial charge in [-0.15, -0.1) is 0 Å². The first-order valence-corrected chi connectivity index (χ1v) is 7.53. The average molecular weight is 322 g/mol. The minimum absolute atomic E-state index is 0.0107. The second-order valence-electron chi connectivity index (χ2n) is 6.04. The van der Waals surface area contributed by atoms with Crippen molar-refractivity contribution >= 4 is 11.4 Å². The number of rotatable bonds is 2. The SMILES string of the molecule is CC1=CC(=O)Cc2cc(OC3O[C@@H](C)[C@@H](O)[C@@H](O)[C@@H]3F)ccc21. The van der Waals surface area contributed by atoms with Gasteiger partial charge < -0.3 is 19.7 Å². The van der Waals surface area contributed by atoms with E-state index in [1.165, 1.54) is 6.92 Å². The molecular formula is C17H19FO5. The molecule has 1 fully saturated rings. The van der Waals surface area contributed by atoms with Crippen LogP contribution in [0.15, 0.2) is 24.3 Å². The standard InChI is InChI=1S/C17H19FO5/c1-8-5-11(19)6-10-7-12(3-4-13(8)10)23-17-14(18)16(21)15(20)9(2)22-17/h3-5,7,9,14-17,20-21H,6H2,1-2H3/t9-,14-,15+,16-,17?/m0/s1. The molecule has 0 saturated carbocycles. The molecular weight excluding hydrogens is 303 g/mol. The van der Waals surface area contributed by atoms with E-state index < -0.39 is 30.8 Å². The van der Waals surface area contributed by atoms with Gasteiger partial charge in [-0.1, -0.05) is 6.07 Å². The van der Waals surface area contributed by atoms with Crippen molar-refractivity contribution in [2.24, 2.45) is 0 Å². The number of halogens is 1. The summed E-state index contributed by atoms with van der Waals surface area (Å²) in [7, 11) is 0. The molecule has 1 saturated heterocycles. The number of fused-ring (bicyclic) bond motifs is 1. The minimum atomic E-state index is -1.86. The van der Waals surface area contributed by atoms with Gasteiger partial charge in [0.1, 0.15) is 18.0 Å². The third kappa shape index (κ3) is 3.02. The summed E-state index contributed by atoms with van der Waals surface area (Å²) in [4.78, 5) is 11.6. The summed E-state index contributed by atoms with van der Waals surface area (Å²) in [6.07, 6.45) is -4.90. The lowest BCUT2D eigenvalue weighted by atomic mass is 9.91. The number of alkyl halides is 1. The molecule has 0 radical (unpaired) electrons. The summed E-state index contributed by atoms with van der Waals surface area (Å²) in [6.45, 7) is 3.40. The van der Waals surface area contributed by atoms with Crippen LogP contribution in [-0.4, -0.2) is 46.8 Å². The maximum absolute atomic E-state index is 14.1. The van der Waals surface area contributed by atoms with E-state index in [1.54, 1.807) is 18.2 Å². The van der Waals surface area contributed by atoms with Crippen molar-refractivity contribution in [1.82, 2.24) is 0 Å². The highest BCUT2D eigenvalue weighted by Crippen LogP contribution is 2.31. The predicted molar refractivity (Wildman–Crippen MR) is 80.7 cm³/mol. The molecule has 1 aliphatic heterocycles. The summed E-state index contributed by atoms with van der Waals surface area (Å²) in [6, 6.07) is 5.17. The van der Waals surface area contributed by atoms with Gasteiger partial charge in [0, 0.05) is 6.42 Å². The van der Waals surface area contributed by atoms with Crippen molar-refractivity contribution in [3.05, 3.63) is 35.4 Å². The number of allylic oxidation sites excluding steroid dienone is 2. The van der Waals surface area contributed by atoms with Gasteiger partial charge in [0.05, 0.1) is 6.10 Å². The van der Waals surface area contributed by atoms with Crippen molar-refractivity contribution in [2.45, 2.75) is 51.0 Å². The van der Waals surface area contributed by atoms with Gasteiger partial charge in [-0.2, -0.15) is 0 Å². The molecule has 3 rings (SSSR count). The van der Waals surface area contributed by atoms with Crippen LogP contribution in [-0.2, 0) is 16.0 Å². The highest BCUT2D eigenvalue weighted by Gasteiger charge is 2.44. The van der Waals surface area contributed by atoms with E-state index in [2.05, 4.69) is 0 Å². The minimum Gasteiger partial charge on any atom is -0.462 e. The Hall–Kier alpha value is -1.76. The first kappa shape index (κ1) is 16.1. The quantitative estimate of drug-likeness (QED) is 0.861. The maximum Gasteiger partial charge on any atom is 0.234 e. The first-order chi connectivity index (χ1) is 10.9. The zero-order valence-corrected chi connectivity index (χ0v) is 12.9. The Morgan fingerprint density at radius 2 is 2.04 bits per heavy atom. The maximum atomic E-state index is 14.1. The van der Waals surface area contributed by atoms with Crippen LogP contribution in [0.4, 0.5) is 4.39 Å². The fourth-order valence-electron chi connectivity index (χ4n) is 2.95. The van der Waals surface area contributed by atoms with Gasteiger partial charge in [-0.3, -0.25) is 4.79 Å². The van der Waals surface area contributed by atoms with Crippen LogP contribution in [0.5, 0.6) is 5.75 Å². The number of carbonyl (C=O) groups excluding carboxylic acids is 1. The van der Waals surface area contributed by atoms with Crippen LogP contribution in [0.25, 0.3) is 5.57 Å². The molecule has 0 spiro atoms. The highest BCUT2D eigenvalue weighted by atomic mass is 19.1. The van der Waals surface area contributed by atoms with Gasteiger partial charge in [0.25, 0.3) is 0 Å². The number of ether oxygens (including phenoxy) is 2. The van der Waals surface area contributed by atoms with Crippen molar-refractivity contribution in [3.63, 3.8) is 0 Å². The second-order valence-corrected chi connectivity index (χ2v) is 6.04. The highest BCUT2D eigenvalue weighted by molar-refractivity contribution is 6.01. The van der Waals surface area contributed by atoms with Gasteiger partial charge in [0.15, 0.2) is 12.0 Å². The molecule has 124 valence electrons. The van der Waals surface area contributed by atoms with Crippen LogP contribution >= 0.6 is 0 Å². The van der Waals surface area contributed by atoms with Crippen molar-refractivity contribution in [1.29, 1.82) is 0 Å². The number of ketones is 1. The summed E-state index contributed by atoms with van der Waals surface area (Å²) in [5, 5.41) is 19.3. The Kier molecular flexibility index (Phi) is 4.23. The molecule has 1 aliphatic carbocycles. The Morgan fingerprint density at radius 1 is 1.30 bits per heavy atom. The molecule has 1 aromatic rings. The Morgan fingerprint density at radius 3 is 2.78 bits per heavy atom. The molecule has 5 nitrogen and oxygen atoms in total. The summed E-state index contributed by atoms with van der Waals surface area (Å²) in [5.41, 5.74) is 2.65. The Bertz CT molecular complexity index is 656. The number of hydrogen-bond acceptors (Lipinski definition) is 5. The zero-order valence-electron chi connectivity index (χ0n) is 12.9. The molecule has 0 amide bonds. The normalized spacial score (nSPS) is 33.9. The Labute approximate surface area is 133 Å². The fourth-order valence-corrected chi connectivity index (χ4v) is 2.95. The fraction of sp³-hybridized carbons (Fsp3) is 0.471. The van der Waals surface area contributed by atoms with E-state index in [1.807, 2.05) is 13.0 Å². The van der Waals surface area contributed by atoms with Gasteiger partial charge in [-0.05, 0) is 48.8 Å². The van der Waals surface area contributed by atoms with E-state index in [0.717, 1.165) is 16.7 Å². The lowest BCUT2D eigenvalue weighted by Gasteiger charge is -2.37. The van der Waals surface area contributed by atoms with E-state index in [4.69, 9.17) is 9.47 Å². The third-order valence-electron chi connectivity index (χ3n) is 4.26. The Balaban J connectivity index is 1.80. The largest absolute Gasteiger partial charge is 0.462 e. The predicted octanol–water partition coefficient (Wildman–Crippen LogP) is 1.40. The van der Waals surface area contributed by atoms with Crippen molar-refractivity contribution in [2.75, 3.05) is 0 Å². The molecule has 6 heteroatoms. The molecule has 5 atom stereocenters. The number of benzene rings is 1. The average Bonchev–Trinajstić information content (AvgIpc) is 2.50. The number of hydrogen-bond donors (Lipinski definition) is 2. The summed E-state index contributed by atoms with van der Waals surface area (Å²) in [5.74, 6) is 0.367. The molecule has 0 aromatic heterocycles. The number of aliphatic hydroxyl groups excluding tert-OH is 2. The molecule has 1 heterocycles. The molecule has 0 bridgehead atoms. The summed E-state index contributed by atoms with van der Waals surface area (Å²) < 4.78 is 24.9. The molecule has 2 aliphatic rings. The van der Waals surface area contributed by atoms with Crippen LogP contribution in [0, 0.1) is 0 Å². The molecule has 2 N–H and O–H groups in total. The van der Waals surface area contributed by atoms with Crippen LogP contribution in [0.2, 0.25) is 0 Å². The molecule has 23 heavy (non-hydrogen) atoms. The zero-order chi connectivity index (χ0) is 16.7. The van der Waals surface area contributed by atoms with E-state index in [-0.39, 0.29) is 12.2 Å². The van der Waals surface area contributed by atoms with E-state index in [0.29, 0.717) is 5.75 Å². The smallest absolute Gasteiger partial charge is 0.234 e. The van der Waals surface area contributed by atoms with Crippen LogP contribution < -0.4 is 4.74 Å². The van der Waals surface area contributed by atoms with Gasteiger partial charge >= 0.3 is 0 Å². The van der Waals surface area contributed by atoms with Crippen molar-refractivity contribution in [3.8, 4) is 5.75 Å².